The molecule has 4 heteroatoms. The minimum absolute atomic E-state index is 0. The highest BCUT2D eigenvalue weighted by Crippen LogP contribution is 2.28. The van der Waals surface area contributed by atoms with Gasteiger partial charge in [0.05, 0.1) is 6.54 Å². The summed E-state index contributed by atoms with van der Waals surface area (Å²) in [6.07, 6.45) is 0. The van der Waals surface area contributed by atoms with Crippen molar-refractivity contribution < 1.29 is 8.78 Å². The largest absolute Gasteiger partial charge is 0.325 e. The number of alkyl halides is 2. The molecule has 0 aromatic heterocycles. The van der Waals surface area contributed by atoms with Crippen LogP contribution in [0, 0.1) is 6.92 Å². The van der Waals surface area contributed by atoms with Gasteiger partial charge in [-0.1, -0.05) is 24.3 Å². The maximum Gasteiger partial charge on any atom is 0.285 e. The number of aryl methyl sites for hydroxylation is 1. The summed E-state index contributed by atoms with van der Waals surface area (Å²) in [5.41, 5.74) is 5.55. The average molecular weight is 208 g/mol. The zero-order chi connectivity index (χ0) is 9.19. The lowest BCUT2D eigenvalue weighted by atomic mass is 10.0. The van der Waals surface area contributed by atoms with Crippen molar-refractivity contribution in [3.05, 3.63) is 35.4 Å². The van der Waals surface area contributed by atoms with Gasteiger partial charge in [0.1, 0.15) is 0 Å². The Morgan fingerprint density at radius 1 is 1.31 bits per heavy atom. The fourth-order valence-electron chi connectivity index (χ4n) is 1.09. The number of rotatable bonds is 2. The topological polar surface area (TPSA) is 26.0 Å². The Hall–Kier alpha value is -0.670. The maximum atomic E-state index is 13.0. The first-order valence-corrected chi connectivity index (χ1v) is 3.72. The van der Waals surface area contributed by atoms with E-state index < -0.39 is 12.5 Å². The molecule has 0 saturated heterocycles. The average Bonchev–Trinajstić information content (AvgIpc) is 2.05. The minimum Gasteiger partial charge on any atom is -0.325 e. The molecule has 0 spiro atoms. The molecule has 0 aliphatic heterocycles. The Morgan fingerprint density at radius 3 is 2.31 bits per heavy atom. The Bertz CT molecular complexity index is 276. The zero-order valence-corrected chi connectivity index (χ0v) is 8.07. The lowest BCUT2D eigenvalue weighted by Crippen LogP contribution is -2.25. The van der Waals surface area contributed by atoms with E-state index in [1.54, 1.807) is 25.1 Å². The van der Waals surface area contributed by atoms with Crippen molar-refractivity contribution in [2.24, 2.45) is 5.73 Å². The highest BCUT2D eigenvalue weighted by molar-refractivity contribution is 5.85. The summed E-state index contributed by atoms with van der Waals surface area (Å²) in [7, 11) is 0. The van der Waals surface area contributed by atoms with E-state index in [0.29, 0.717) is 5.56 Å². The summed E-state index contributed by atoms with van der Waals surface area (Å²) in [5.74, 6) is -2.90. The third kappa shape index (κ3) is 2.64. The van der Waals surface area contributed by atoms with Crippen LogP contribution in [0.2, 0.25) is 0 Å². The first kappa shape index (κ1) is 12.3. The van der Waals surface area contributed by atoms with Crippen LogP contribution >= 0.6 is 12.4 Å². The molecule has 0 aliphatic carbocycles. The Labute approximate surface area is 82.4 Å². The second kappa shape index (κ2) is 4.53. The molecule has 1 rings (SSSR count). The second-order valence-corrected chi connectivity index (χ2v) is 2.72. The van der Waals surface area contributed by atoms with Crippen LogP contribution in [0.15, 0.2) is 24.3 Å². The molecule has 74 valence electrons. The standard InChI is InChI=1S/C9H11F2N.ClH/c1-7-4-2-3-5-8(7)9(10,11)6-12;/h2-5H,6,12H2,1H3;1H. The number of benzene rings is 1. The lowest BCUT2D eigenvalue weighted by molar-refractivity contribution is 0.00533. The molecule has 0 radical (unpaired) electrons. The van der Waals surface area contributed by atoms with Crippen molar-refractivity contribution in [2.45, 2.75) is 12.8 Å². The van der Waals surface area contributed by atoms with Crippen LogP contribution in [0.1, 0.15) is 11.1 Å². The first-order valence-electron chi connectivity index (χ1n) is 3.72. The number of nitrogens with two attached hydrogens (primary N) is 1. The van der Waals surface area contributed by atoms with E-state index in [2.05, 4.69) is 0 Å². The van der Waals surface area contributed by atoms with Crippen molar-refractivity contribution in [1.82, 2.24) is 0 Å². The van der Waals surface area contributed by atoms with Gasteiger partial charge in [0.2, 0.25) is 0 Å². The third-order valence-corrected chi connectivity index (χ3v) is 1.80. The Kier molecular flexibility index (Phi) is 4.30. The summed E-state index contributed by atoms with van der Waals surface area (Å²) in [6.45, 7) is 1.01. The molecule has 1 aromatic rings. The highest BCUT2D eigenvalue weighted by Gasteiger charge is 2.30. The highest BCUT2D eigenvalue weighted by atomic mass is 35.5. The Balaban J connectivity index is 0.00000144. The molecule has 0 aliphatic rings. The molecule has 0 atom stereocenters. The first-order chi connectivity index (χ1) is 5.58. The van der Waals surface area contributed by atoms with Gasteiger partial charge in [0.15, 0.2) is 0 Å². The fraction of sp³-hybridized carbons (Fsp3) is 0.333. The molecule has 0 unspecified atom stereocenters. The van der Waals surface area contributed by atoms with Crippen molar-refractivity contribution in [3.8, 4) is 0 Å². The molecular formula is C9H12ClF2N. The van der Waals surface area contributed by atoms with Gasteiger partial charge in [-0.3, -0.25) is 0 Å². The smallest absolute Gasteiger partial charge is 0.285 e. The van der Waals surface area contributed by atoms with Gasteiger partial charge in [-0.2, -0.15) is 8.78 Å². The van der Waals surface area contributed by atoms with Crippen LogP contribution in [0.3, 0.4) is 0 Å². The van der Waals surface area contributed by atoms with E-state index in [0.717, 1.165) is 0 Å². The van der Waals surface area contributed by atoms with Crippen LogP contribution in [0.4, 0.5) is 8.78 Å². The van der Waals surface area contributed by atoms with Crippen LogP contribution in [0.25, 0.3) is 0 Å². The normalized spacial score (nSPS) is 10.8. The van der Waals surface area contributed by atoms with Gasteiger partial charge in [0, 0.05) is 5.56 Å². The summed E-state index contributed by atoms with van der Waals surface area (Å²) in [5, 5.41) is 0. The number of hydrogen-bond donors (Lipinski definition) is 1. The van der Waals surface area contributed by atoms with Crippen molar-refractivity contribution in [1.29, 1.82) is 0 Å². The summed E-state index contributed by atoms with van der Waals surface area (Å²) < 4.78 is 26.0. The predicted molar refractivity (Wildman–Crippen MR) is 51.4 cm³/mol. The van der Waals surface area contributed by atoms with E-state index in [1.807, 2.05) is 0 Å². The molecule has 0 fully saturated rings. The molecule has 1 nitrogen and oxygen atoms in total. The second-order valence-electron chi connectivity index (χ2n) is 2.72. The third-order valence-electron chi connectivity index (χ3n) is 1.80. The van der Waals surface area contributed by atoms with E-state index in [4.69, 9.17) is 5.73 Å². The van der Waals surface area contributed by atoms with Crippen molar-refractivity contribution in [3.63, 3.8) is 0 Å². The molecule has 0 bridgehead atoms. The minimum atomic E-state index is -2.90. The van der Waals surface area contributed by atoms with Gasteiger partial charge in [-0.05, 0) is 12.5 Å². The summed E-state index contributed by atoms with van der Waals surface area (Å²) >= 11 is 0. The van der Waals surface area contributed by atoms with Crippen molar-refractivity contribution in [2.75, 3.05) is 6.54 Å². The van der Waals surface area contributed by atoms with E-state index >= 15 is 0 Å². The molecule has 13 heavy (non-hydrogen) atoms. The van der Waals surface area contributed by atoms with Crippen molar-refractivity contribution >= 4 is 12.4 Å². The molecule has 0 heterocycles. The Morgan fingerprint density at radius 2 is 1.85 bits per heavy atom. The van der Waals surface area contributed by atoms with Crippen LogP contribution < -0.4 is 5.73 Å². The zero-order valence-electron chi connectivity index (χ0n) is 7.26. The van der Waals surface area contributed by atoms with Gasteiger partial charge in [-0.15, -0.1) is 12.4 Å². The lowest BCUT2D eigenvalue weighted by Gasteiger charge is -2.16. The molecule has 0 saturated carbocycles. The summed E-state index contributed by atoms with van der Waals surface area (Å²) in [4.78, 5) is 0. The van der Waals surface area contributed by atoms with E-state index in [1.165, 1.54) is 6.07 Å². The van der Waals surface area contributed by atoms with Gasteiger partial charge < -0.3 is 5.73 Å². The molecular weight excluding hydrogens is 196 g/mol. The monoisotopic (exact) mass is 207 g/mol. The van der Waals surface area contributed by atoms with Gasteiger partial charge >= 0.3 is 0 Å². The van der Waals surface area contributed by atoms with E-state index in [-0.39, 0.29) is 18.0 Å². The van der Waals surface area contributed by atoms with Gasteiger partial charge in [-0.25, -0.2) is 0 Å². The quantitative estimate of drug-likeness (QED) is 0.792. The number of hydrogen-bond acceptors (Lipinski definition) is 1. The molecule has 2 N–H and O–H groups in total. The van der Waals surface area contributed by atoms with Gasteiger partial charge in [0.25, 0.3) is 5.92 Å². The SMILES string of the molecule is Cc1ccccc1C(F)(F)CN.Cl. The maximum absolute atomic E-state index is 13.0. The summed E-state index contributed by atoms with van der Waals surface area (Å²) in [6, 6.07) is 6.37. The van der Waals surface area contributed by atoms with Crippen LogP contribution in [-0.2, 0) is 5.92 Å². The predicted octanol–water partition coefficient (Wildman–Crippen LogP) is 2.47. The molecule has 0 amide bonds. The van der Waals surface area contributed by atoms with Crippen LogP contribution in [-0.4, -0.2) is 6.54 Å². The van der Waals surface area contributed by atoms with E-state index in [9.17, 15) is 8.78 Å². The fourth-order valence-corrected chi connectivity index (χ4v) is 1.09. The number of halogens is 3. The van der Waals surface area contributed by atoms with Crippen LogP contribution in [0.5, 0.6) is 0 Å². The molecule has 1 aromatic carbocycles.